The second-order valence-electron chi connectivity index (χ2n) is 10.6. The highest BCUT2D eigenvalue weighted by atomic mass is 32.2. The third-order valence-corrected chi connectivity index (χ3v) is 10.8. The molecule has 0 aromatic heterocycles. The van der Waals surface area contributed by atoms with E-state index in [2.05, 4.69) is 0 Å². The van der Waals surface area contributed by atoms with Gasteiger partial charge in [0.15, 0.2) is 0 Å². The Hall–Kier alpha value is -2.96. The second kappa shape index (κ2) is 16.7. The number of piperazine rings is 2. The van der Waals surface area contributed by atoms with Gasteiger partial charge < -0.3 is 29.1 Å². The molecule has 0 aromatic rings. The number of hydrogen-bond acceptors (Lipinski definition) is 12. The molecule has 0 bridgehead atoms. The van der Waals surface area contributed by atoms with Gasteiger partial charge in [-0.05, 0) is 26.7 Å². The van der Waals surface area contributed by atoms with Crippen molar-refractivity contribution in [1.82, 2.24) is 29.4 Å². The van der Waals surface area contributed by atoms with Gasteiger partial charge in [-0.25, -0.2) is 9.59 Å². The van der Waals surface area contributed by atoms with Crippen LogP contribution >= 0.6 is 48.0 Å². The first kappa shape index (κ1) is 35.9. The van der Waals surface area contributed by atoms with Crippen LogP contribution in [0.2, 0.25) is 0 Å². The summed E-state index contributed by atoms with van der Waals surface area (Å²) in [5.41, 5.74) is 0. The smallest absolute Gasteiger partial charge is 0.409 e. The van der Waals surface area contributed by atoms with Crippen molar-refractivity contribution in [2.24, 2.45) is 0 Å². The first-order valence-electron chi connectivity index (χ1n) is 15.3. The second-order valence-corrected chi connectivity index (χ2v) is 13.9. The van der Waals surface area contributed by atoms with Crippen molar-refractivity contribution in [3.63, 3.8) is 0 Å². The maximum atomic E-state index is 13.3. The Morgan fingerprint density at radius 3 is 1.26 bits per heavy atom. The first-order chi connectivity index (χ1) is 22.0. The number of hydrogen-bond donors (Lipinski definition) is 0. The van der Waals surface area contributed by atoms with Gasteiger partial charge in [0.1, 0.15) is 8.64 Å². The highest BCUT2D eigenvalue weighted by molar-refractivity contribution is 8.29. The van der Waals surface area contributed by atoms with E-state index in [9.17, 15) is 28.8 Å². The predicted octanol–water partition coefficient (Wildman–Crippen LogP) is 2.08. The van der Waals surface area contributed by atoms with Crippen molar-refractivity contribution in [1.29, 1.82) is 0 Å². The van der Waals surface area contributed by atoms with Gasteiger partial charge in [0, 0.05) is 78.3 Å². The lowest BCUT2D eigenvalue weighted by Crippen LogP contribution is -2.50. The lowest BCUT2D eigenvalue weighted by atomic mass is 10.2. The Labute approximate surface area is 287 Å². The van der Waals surface area contributed by atoms with Gasteiger partial charge in [-0.15, -0.1) is 0 Å². The number of carbonyl (C=O) groups is 6. The van der Waals surface area contributed by atoms with Crippen LogP contribution in [0.3, 0.4) is 0 Å². The summed E-state index contributed by atoms with van der Waals surface area (Å²) < 4.78 is 10.7. The zero-order valence-electron chi connectivity index (χ0n) is 25.9. The van der Waals surface area contributed by atoms with E-state index >= 15 is 0 Å². The number of thioether (sulfide) groups is 2. The van der Waals surface area contributed by atoms with Crippen LogP contribution in [0.15, 0.2) is 9.81 Å². The van der Waals surface area contributed by atoms with E-state index in [1.54, 1.807) is 33.4 Å². The van der Waals surface area contributed by atoms with E-state index in [0.29, 0.717) is 87.1 Å². The molecule has 4 heterocycles. The summed E-state index contributed by atoms with van der Waals surface area (Å²) in [5.74, 6) is -0.897. The van der Waals surface area contributed by atoms with Crippen LogP contribution in [-0.4, -0.2) is 153 Å². The van der Waals surface area contributed by atoms with E-state index in [0.717, 1.165) is 23.5 Å². The molecule has 18 heteroatoms. The molecule has 0 spiro atoms. The average Bonchev–Trinajstić information content (AvgIpc) is 3.49. The molecular formula is C28H38N6O8S4. The topological polar surface area (TPSA) is 140 Å². The summed E-state index contributed by atoms with van der Waals surface area (Å²) in [5, 5.41) is 0. The van der Waals surface area contributed by atoms with Gasteiger partial charge in [-0.2, -0.15) is 0 Å². The Kier molecular flexibility index (Phi) is 13.1. The van der Waals surface area contributed by atoms with Crippen molar-refractivity contribution in [2.45, 2.75) is 39.5 Å². The highest BCUT2D eigenvalue weighted by Gasteiger charge is 2.42. The maximum absolute atomic E-state index is 13.3. The van der Waals surface area contributed by atoms with Crippen LogP contribution in [0, 0.1) is 0 Å². The Morgan fingerprint density at radius 1 is 0.609 bits per heavy atom. The minimum atomic E-state index is -0.386. The molecule has 0 aliphatic carbocycles. The fourth-order valence-corrected chi connectivity index (χ4v) is 8.03. The monoisotopic (exact) mass is 714 g/mol. The van der Waals surface area contributed by atoms with Gasteiger partial charge >= 0.3 is 12.2 Å². The molecule has 0 aromatic carbocycles. The zero-order chi connectivity index (χ0) is 33.4. The number of thiocarbonyl (C=S) groups is 2. The molecule has 0 N–H and O–H groups in total. The van der Waals surface area contributed by atoms with Gasteiger partial charge in [-0.1, -0.05) is 48.0 Å². The van der Waals surface area contributed by atoms with Gasteiger partial charge in [0.2, 0.25) is 11.8 Å². The van der Waals surface area contributed by atoms with Crippen LogP contribution < -0.4 is 0 Å². The van der Waals surface area contributed by atoms with Crippen LogP contribution in [0.5, 0.6) is 0 Å². The summed E-state index contributed by atoms with van der Waals surface area (Å²) in [7, 11) is 0. The largest absolute Gasteiger partial charge is 0.450 e. The summed E-state index contributed by atoms with van der Waals surface area (Å²) in [6, 6.07) is 0. The Morgan fingerprint density at radius 2 is 0.935 bits per heavy atom. The Balaban J connectivity index is 1.21. The van der Waals surface area contributed by atoms with E-state index in [4.69, 9.17) is 33.9 Å². The van der Waals surface area contributed by atoms with Crippen molar-refractivity contribution >= 4 is 92.4 Å². The minimum absolute atomic E-state index is 0.0627. The molecule has 0 radical (unpaired) electrons. The van der Waals surface area contributed by atoms with E-state index in [-0.39, 0.29) is 71.6 Å². The fourth-order valence-electron chi connectivity index (χ4n) is 5.26. The summed E-state index contributed by atoms with van der Waals surface area (Å²) in [4.78, 5) is 85.6. The van der Waals surface area contributed by atoms with Crippen LogP contribution in [0.4, 0.5) is 9.59 Å². The van der Waals surface area contributed by atoms with Crippen LogP contribution in [0.1, 0.15) is 39.5 Å². The van der Waals surface area contributed by atoms with E-state index < -0.39 is 0 Å². The molecule has 0 unspecified atom stereocenters. The van der Waals surface area contributed by atoms with Crippen molar-refractivity contribution in [3.8, 4) is 0 Å². The highest BCUT2D eigenvalue weighted by Crippen LogP contribution is 2.42. The van der Waals surface area contributed by atoms with Gasteiger partial charge in [0.25, 0.3) is 11.8 Å². The average molecular weight is 715 g/mol. The maximum Gasteiger partial charge on any atom is 0.409 e. The number of nitrogens with zero attached hydrogens (tertiary/aromatic N) is 6. The minimum Gasteiger partial charge on any atom is -0.450 e. The van der Waals surface area contributed by atoms with Crippen molar-refractivity contribution < 1.29 is 38.2 Å². The molecule has 4 fully saturated rings. The molecule has 4 aliphatic heterocycles. The normalized spacial score (nSPS) is 20.7. The van der Waals surface area contributed by atoms with Crippen LogP contribution in [0.25, 0.3) is 0 Å². The van der Waals surface area contributed by atoms with E-state index in [1.807, 2.05) is 0 Å². The fraction of sp³-hybridized carbons (Fsp3) is 0.643. The predicted molar refractivity (Wildman–Crippen MR) is 180 cm³/mol. The van der Waals surface area contributed by atoms with E-state index in [1.165, 1.54) is 9.80 Å². The molecule has 4 saturated heterocycles. The van der Waals surface area contributed by atoms with Gasteiger partial charge in [0.05, 0.1) is 23.0 Å². The molecule has 0 atom stereocenters. The zero-order valence-corrected chi connectivity index (χ0v) is 29.2. The van der Waals surface area contributed by atoms with Gasteiger partial charge in [-0.3, -0.25) is 29.0 Å². The standard InChI is InChI=1S/C28H38N6O8S4/c1-3-41-25(39)31-15-11-29(12-16-31)19(35)7-5-9-33-23(37)21(45-27(33)43)22-24(38)34(28(44)46-22)10-6-8-20(36)30-13-17-32(18-14-30)26(40)42-4-2/h3-18H2,1-2H3. The molecule has 4 rings (SSSR count). The molecular weight excluding hydrogens is 677 g/mol. The Bertz CT molecular complexity index is 1200. The SMILES string of the molecule is CCOC(=O)N1CCN(C(=O)CCCN2C(=O)C(=C3SC(=S)N(CCCC(=O)N4CCN(C(=O)OCC)CC4)C3=O)SC2=S)CC1. The lowest BCUT2D eigenvalue weighted by Gasteiger charge is -2.34. The number of ether oxygens (including phenoxy) is 2. The third-order valence-electron chi connectivity index (χ3n) is 7.77. The summed E-state index contributed by atoms with van der Waals surface area (Å²) in [6.45, 7) is 7.86. The number of rotatable bonds is 10. The molecule has 252 valence electrons. The molecule has 14 nitrogen and oxygen atoms in total. The van der Waals surface area contributed by atoms with Crippen molar-refractivity contribution in [2.75, 3.05) is 78.7 Å². The number of carbonyl (C=O) groups excluding carboxylic acids is 6. The van der Waals surface area contributed by atoms with Crippen LogP contribution in [-0.2, 0) is 28.7 Å². The quantitative estimate of drug-likeness (QED) is 0.242. The summed E-state index contributed by atoms with van der Waals surface area (Å²) >= 11 is 13.0. The number of amides is 6. The first-order valence-corrected chi connectivity index (χ1v) is 17.7. The lowest BCUT2D eigenvalue weighted by molar-refractivity contribution is -0.133. The molecule has 6 amide bonds. The molecule has 0 saturated carbocycles. The van der Waals surface area contributed by atoms with Crippen molar-refractivity contribution in [3.05, 3.63) is 9.81 Å². The molecule has 46 heavy (non-hydrogen) atoms. The third kappa shape index (κ3) is 8.68. The summed E-state index contributed by atoms with van der Waals surface area (Å²) in [6.07, 6.45) is 0.458. The molecule has 4 aliphatic rings.